The van der Waals surface area contributed by atoms with Crippen LogP contribution in [0, 0.1) is 5.92 Å². The maximum Gasteiger partial charge on any atom is 0.225 e. The maximum absolute atomic E-state index is 11.5. The van der Waals surface area contributed by atoms with E-state index in [9.17, 15) is 4.79 Å². The molecule has 1 aromatic rings. The fraction of sp³-hybridized carbons (Fsp3) is 0.556. The quantitative estimate of drug-likeness (QED) is 0.757. The number of hydrogen-bond donors (Lipinski definition) is 1. The number of rotatable bonds is 3. The SMILES string of the molecule is CC(C)C(=O)N(C)Cc1ncc[nH]1. The second kappa shape index (κ2) is 4.07. The van der Waals surface area contributed by atoms with Crippen LogP contribution < -0.4 is 0 Å². The highest BCUT2D eigenvalue weighted by atomic mass is 16.2. The molecule has 4 heteroatoms. The van der Waals surface area contributed by atoms with Gasteiger partial charge in [-0.1, -0.05) is 13.8 Å². The van der Waals surface area contributed by atoms with Gasteiger partial charge in [-0.05, 0) is 0 Å². The third-order valence-electron chi connectivity index (χ3n) is 1.81. The van der Waals surface area contributed by atoms with Crippen LogP contribution in [0.25, 0.3) is 0 Å². The first-order valence-electron chi connectivity index (χ1n) is 4.34. The molecule has 0 aliphatic rings. The molecule has 1 aromatic heterocycles. The first-order chi connectivity index (χ1) is 6.11. The molecule has 1 heterocycles. The highest BCUT2D eigenvalue weighted by Crippen LogP contribution is 2.02. The monoisotopic (exact) mass is 181 g/mol. The van der Waals surface area contributed by atoms with E-state index in [2.05, 4.69) is 9.97 Å². The molecule has 72 valence electrons. The van der Waals surface area contributed by atoms with Crippen molar-refractivity contribution in [2.24, 2.45) is 5.92 Å². The van der Waals surface area contributed by atoms with Gasteiger partial charge in [-0.3, -0.25) is 4.79 Å². The van der Waals surface area contributed by atoms with Crippen LogP contribution in [-0.4, -0.2) is 27.8 Å². The minimum Gasteiger partial charge on any atom is -0.347 e. The fourth-order valence-corrected chi connectivity index (χ4v) is 1.13. The molecule has 0 bridgehead atoms. The Morgan fingerprint density at radius 1 is 1.69 bits per heavy atom. The summed E-state index contributed by atoms with van der Waals surface area (Å²) in [4.78, 5) is 20.1. The largest absolute Gasteiger partial charge is 0.347 e. The summed E-state index contributed by atoms with van der Waals surface area (Å²) in [5.74, 6) is 0.993. The van der Waals surface area contributed by atoms with Gasteiger partial charge in [-0.25, -0.2) is 4.98 Å². The van der Waals surface area contributed by atoms with Crippen LogP contribution in [0.3, 0.4) is 0 Å². The zero-order valence-corrected chi connectivity index (χ0v) is 8.24. The molecule has 1 amide bonds. The molecule has 1 N–H and O–H groups in total. The summed E-state index contributed by atoms with van der Waals surface area (Å²) in [5, 5.41) is 0. The Bertz CT molecular complexity index is 266. The van der Waals surface area contributed by atoms with Crippen LogP contribution in [0.1, 0.15) is 19.7 Å². The second-order valence-corrected chi connectivity index (χ2v) is 3.38. The normalized spacial score (nSPS) is 10.5. The van der Waals surface area contributed by atoms with Crippen LogP contribution in [0.4, 0.5) is 0 Å². The van der Waals surface area contributed by atoms with Gasteiger partial charge in [0.1, 0.15) is 5.82 Å². The Balaban J connectivity index is 2.51. The van der Waals surface area contributed by atoms with E-state index in [1.165, 1.54) is 0 Å². The van der Waals surface area contributed by atoms with Crippen molar-refractivity contribution in [3.8, 4) is 0 Å². The van der Waals surface area contributed by atoms with Crippen molar-refractivity contribution in [2.75, 3.05) is 7.05 Å². The molecular weight excluding hydrogens is 166 g/mol. The molecule has 0 aliphatic carbocycles. The van der Waals surface area contributed by atoms with E-state index < -0.39 is 0 Å². The molecule has 0 radical (unpaired) electrons. The van der Waals surface area contributed by atoms with Crippen molar-refractivity contribution in [1.29, 1.82) is 0 Å². The molecule has 4 nitrogen and oxygen atoms in total. The van der Waals surface area contributed by atoms with Gasteiger partial charge in [0.15, 0.2) is 0 Å². The molecule has 0 unspecified atom stereocenters. The molecular formula is C9H15N3O. The summed E-state index contributed by atoms with van der Waals surface area (Å²) in [6.07, 6.45) is 3.44. The molecule has 13 heavy (non-hydrogen) atoms. The lowest BCUT2D eigenvalue weighted by Crippen LogP contribution is -2.30. The van der Waals surface area contributed by atoms with E-state index >= 15 is 0 Å². The van der Waals surface area contributed by atoms with E-state index in [1.807, 2.05) is 13.8 Å². The average molecular weight is 181 g/mol. The highest BCUT2D eigenvalue weighted by molar-refractivity contribution is 5.77. The van der Waals surface area contributed by atoms with Crippen LogP contribution >= 0.6 is 0 Å². The molecule has 1 rings (SSSR count). The summed E-state index contributed by atoms with van der Waals surface area (Å²) in [6.45, 7) is 4.33. The predicted molar refractivity (Wildman–Crippen MR) is 49.9 cm³/mol. The standard InChI is InChI=1S/C9H15N3O/c1-7(2)9(13)12(3)6-8-10-4-5-11-8/h4-5,7H,6H2,1-3H3,(H,10,11). The number of H-pyrrole nitrogens is 1. The van der Waals surface area contributed by atoms with Gasteiger partial charge < -0.3 is 9.88 Å². The van der Waals surface area contributed by atoms with Crippen LogP contribution in [-0.2, 0) is 11.3 Å². The number of amides is 1. The molecule has 0 fully saturated rings. The fourth-order valence-electron chi connectivity index (χ4n) is 1.13. The van der Waals surface area contributed by atoms with E-state index in [1.54, 1.807) is 24.3 Å². The summed E-state index contributed by atoms with van der Waals surface area (Å²) >= 11 is 0. The van der Waals surface area contributed by atoms with Gasteiger partial charge in [0.25, 0.3) is 0 Å². The first kappa shape index (κ1) is 9.77. The smallest absolute Gasteiger partial charge is 0.225 e. The van der Waals surface area contributed by atoms with E-state index in [4.69, 9.17) is 0 Å². The molecule has 0 spiro atoms. The minimum atomic E-state index is 0.0416. The predicted octanol–water partition coefficient (Wildman–Crippen LogP) is 1.02. The number of nitrogens with zero attached hydrogens (tertiary/aromatic N) is 2. The van der Waals surface area contributed by atoms with Crippen molar-refractivity contribution < 1.29 is 4.79 Å². The molecule has 0 saturated carbocycles. The summed E-state index contributed by atoms with van der Waals surface area (Å²) < 4.78 is 0. The Morgan fingerprint density at radius 3 is 2.85 bits per heavy atom. The third kappa shape index (κ3) is 2.57. The number of aromatic nitrogens is 2. The number of aromatic amines is 1. The summed E-state index contributed by atoms with van der Waals surface area (Å²) in [5.41, 5.74) is 0. The number of carbonyl (C=O) groups excluding carboxylic acids is 1. The number of carbonyl (C=O) groups is 1. The van der Waals surface area contributed by atoms with Gasteiger partial charge >= 0.3 is 0 Å². The molecule has 0 saturated heterocycles. The van der Waals surface area contributed by atoms with Crippen LogP contribution in [0.5, 0.6) is 0 Å². The van der Waals surface area contributed by atoms with Gasteiger partial charge in [0, 0.05) is 25.4 Å². The average Bonchev–Trinajstić information content (AvgIpc) is 2.55. The topological polar surface area (TPSA) is 49.0 Å². The van der Waals surface area contributed by atoms with Gasteiger partial charge in [0.05, 0.1) is 6.54 Å². The van der Waals surface area contributed by atoms with E-state index in [-0.39, 0.29) is 11.8 Å². The van der Waals surface area contributed by atoms with Crippen LogP contribution in [0.15, 0.2) is 12.4 Å². The lowest BCUT2D eigenvalue weighted by molar-refractivity contribution is -0.133. The summed E-state index contributed by atoms with van der Waals surface area (Å²) in [6, 6.07) is 0. The van der Waals surface area contributed by atoms with Gasteiger partial charge in [0.2, 0.25) is 5.91 Å². The Hall–Kier alpha value is -1.32. The maximum atomic E-state index is 11.5. The zero-order valence-electron chi connectivity index (χ0n) is 8.24. The van der Waals surface area contributed by atoms with Crippen molar-refractivity contribution in [1.82, 2.24) is 14.9 Å². The molecule has 0 aromatic carbocycles. The number of nitrogens with one attached hydrogen (secondary N) is 1. The Labute approximate surface area is 78.0 Å². The Kier molecular flexibility index (Phi) is 3.06. The van der Waals surface area contributed by atoms with E-state index in [0.717, 1.165) is 5.82 Å². The van der Waals surface area contributed by atoms with Crippen molar-refractivity contribution in [2.45, 2.75) is 20.4 Å². The molecule has 0 atom stereocenters. The van der Waals surface area contributed by atoms with Crippen molar-refractivity contribution in [3.05, 3.63) is 18.2 Å². The van der Waals surface area contributed by atoms with Gasteiger partial charge in [-0.15, -0.1) is 0 Å². The van der Waals surface area contributed by atoms with Gasteiger partial charge in [-0.2, -0.15) is 0 Å². The number of imidazole rings is 1. The Morgan fingerprint density at radius 2 is 2.38 bits per heavy atom. The van der Waals surface area contributed by atoms with Crippen molar-refractivity contribution >= 4 is 5.91 Å². The lowest BCUT2D eigenvalue weighted by atomic mass is 10.2. The third-order valence-corrected chi connectivity index (χ3v) is 1.81. The zero-order chi connectivity index (χ0) is 9.84. The second-order valence-electron chi connectivity index (χ2n) is 3.38. The highest BCUT2D eigenvalue weighted by Gasteiger charge is 2.13. The minimum absolute atomic E-state index is 0.0416. The first-order valence-corrected chi connectivity index (χ1v) is 4.34. The summed E-state index contributed by atoms with van der Waals surface area (Å²) in [7, 11) is 1.78. The molecule has 0 aliphatic heterocycles. The van der Waals surface area contributed by atoms with Crippen LogP contribution in [0.2, 0.25) is 0 Å². The lowest BCUT2D eigenvalue weighted by Gasteiger charge is -2.17. The number of hydrogen-bond acceptors (Lipinski definition) is 2. The van der Waals surface area contributed by atoms with Crippen molar-refractivity contribution in [3.63, 3.8) is 0 Å². The van der Waals surface area contributed by atoms with E-state index in [0.29, 0.717) is 6.54 Å².